The van der Waals surface area contributed by atoms with Crippen molar-refractivity contribution in [3.63, 3.8) is 0 Å². The van der Waals surface area contributed by atoms with Crippen molar-refractivity contribution < 1.29 is 23.1 Å². The number of amides is 1. The van der Waals surface area contributed by atoms with Crippen LogP contribution in [0.5, 0.6) is 0 Å². The molecule has 0 saturated carbocycles. The SMILES string of the molecule is CS(=O)(=O)c1cc(C(=O)N2CCN(c3ccc(Cl)cc3[N+](=O)[O-])CC2)cc([N+](=O)[O-])c1. The molecule has 0 atom stereocenters. The van der Waals surface area contributed by atoms with Crippen molar-refractivity contribution >= 4 is 44.4 Å². The van der Waals surface area contributed by atoms with Crippen LogP contribution in [0.1, 0.15) is 10.4 Å². The number of carbonyl (C=O) groups is 1. The van der Waals surface area contributed by atoms with Gasteiger partial charge in [-0.15, -0.1) is 0 Å². The van der Waals surface area contributed by atoms with Gasteiger partial charge in [-0.3, -0.25) is 25.0 Å². The highest BCUT2D eigenvalue weighted by atomic mass is 35.5. The maximum atomic E-state index is 12.9. The van der Waals surface area contributed by atoms with E-state index in [0.717, 1.165) is 24.5 Å². The molecule has 0 aliphatic carbocycles. The molecular formula is C18H17ClN4O7S. The van der Waals surface area contributed by atoms with Crippen molar-refractivity contribution in [1.29, 1.82) is 0 Å². The Hall–Kier alpha value is -3.25. The molecular weight excluding hydrogens is 452 g/mol. The summed E-state index contributed by atoms with van der Waals surface area (Å²) in [5.74, 6) is -0.557. The van der Waals surface area contributed by atoms with Crippen molar-refractivity contribution in [3.05, 3.63) is 67.2 Å². The van der Waals surface area contributed by atoms with E-state index in [2.05, 4.69) is 0 Å². The van der Waals surface area contributed by atoms with E-state index >= 15 is 0 Å². The average Bonchev–Trinajstić information content (AvgIpc) is 2.72. The number of hydrogen-bond donors (Lipinski definition) is 0. The molecule has 164 valence electrons. The molecule has 3 rings (SSSR count). The van der Waals surface area contributed by atoms with Crippen LogP contribution in [-0.4, -0.2) is 61.5 Å². The Morgan fingerprint density at radius 1 is 1.00 bits per heavy atom. The predicted octanol–water partition coefficient (Wildman–Crippen LogP) is 2.52. The van der Waals surface area contributed by atoms with E-state index in [0.29, 0.717) is 5.69 Å². The first-order valence-electron chi connectivity index (χ1n) is 8.95. The molecule has 1 heterocycles. The minimum Gasteiger partial charge on any atom is -0.362 e. The molecule has 0 N–H and O–H groups in total. The quantitative estimate of drug-likeness (QED) is 0.480. The summed E-state index contributed by atoms with van der Waals surface area (Å²) in [5, 5.41) is 22.7. The zero-order chi connectivity index (χ0) is 22.9. The second-order valence-corrected chi connectivity index (χ2v) is 9.37. The number of nitro groups is 2. The van der Waals surface area contributed by atoms with E-state index in [1.54, 1.807) is 4.90 Å². The smallest absolute Gasteiger partial charge is 0.294 e. The Balaban J connectivity index is 1.82. The molecule has 0 radical (unpaired) electrons. The topological polar surface area (TPSA) is 144 Å². The standard InChI is InChI=1S/C18H17ClN4O7S/c1-31(29,30)15-9-12(8-14(11-15)22(25)26)18(24)21-6-4-20(5-7-21)16-3-2-13(19)10-17(16)23(27)28/h2-3,8-11H,4-7H2,1H3. The van der Waals surface area contributed by atoms with Crippen LogP contribution in [-0.2, 0) is 9.84 Å². The number of hydrogen-bond acceptors (Lipinski definition) is 8. The van der Waals surface area contributed by atoms with E-state index < -0.39 is 31.3 Å². The van der Waals surface area contributed by atoms with Crippen LogP contribution >= 0.6 is 11.6 Å². The second-order valence-electron chi connectivity index (χ2n) is 6.91. The van der Waals surface area contributed by atoms with Crippen LogP contribution in [0.3, 0.4) is 0 Å². The molecule has 11 nitrogen and oxygen atoms in total. The Morgan fingerprint density at radius 3 is 2.19 bits per heavy atom. The summed E-state index contributed by atoms with van der Waals surface area (Å²) in [4.78, 5) is 36.9. The lowest BCUT2D eigenvalue weighted by Gasteiger charge is -2.35. The van der Waals surface area contributed by atoms with Gasteiger partial charge in [-0.2, -0.15) is 0 Å². The largest absolute Gasteiger partial charge is 0.362 e. The number of halogens is 1. The van der Waals surface area contributed by atoms with Gasteiger partial charge in [0.25, 0.3) is 17.3 Å². The second kappa shape index (κ2) is 8.47. The summed E-state index contributed by atoms with van der Waals surface area (Å²) >= 11 is 5.85. The number of benzene rings is 2. The molecule has 0 unspecified atom stereocenters. The average molecular weight is 469 g/mol. The maximum Gasteiger partial charge on any atom is 0.294 e. The van der Waals surface area contributed by atoms with Crippen LogP contribution in [0, 0.1) is 20.2 Å². The van der Waals surface area contributed by atoms with Gasteiger partial charge in [-0.1, -0.05) is 11.6 Å². The monoisotopic (exact) mass is 468 g/mol. The first-order valence-corrected chi connectivity index (χ1v) is 11.2. The molecule has 1 aliphatic heterocycles. The molecule has 1 saturated heterocycles. The van der Waals surface area contributed by atoms with E-state index in [1.165, 1.54) is 23.1 Å². The summed E-state index contributed by atoms with van der Waals surface area (Å²) < 4.78 is 23.7. The molecule has 1 aliphatic rings. The number of rotatable bonds is 5. The van der Waals surface area contributed by atoms with Crippen LogP contribution in [0.2, 0.25) is 5.02 Å². The lowest BCUT2D eigenvalue weighted by Crippen LogP contribution is -2.49. The lowest BCUT2D eigenvalue weighted by molar-refractivity contribution is -0.385. The third kappa shape index (κ3) is 4.91. The first kappa shape index (κ1) is 22.4. The van der Waals surface area contributed by atoms with Crippen LogP contribution in [0.25, 0.3) is 0 Å². The van der Waals surface area contributed by atoms with Crippen LogP contribution < -0.4 is 4.90 Å². The first-order chi connectivity index (χ1) is 14.5. The fourth-order valence-corrected chi connectivity index (χ4v) is 4.11. The third-order valence-electron chi connectivity index (χ3n) is 4.82. The number of nitro benzene ring substituents is 2. The molecule has 2 aromatic rings. The Labute approximate surface area is 182 Å². The summed E-state index contributed by atoms with van der Waals surface area (Å²) in [7, 11) is -3.76. The predicted molar refractivity (Wildman–Crippen MR) is 112 cm³/mol. The fraction of sp³-hybridized carbons (Fsp3) is 0.278. The highest BCUT2D eigenvalue weighted by Crippen LogP contribution is 2.32. The van der Waals surface area contributed by atoms with E-state index in [1.807, 2.05) is 0 Å². The van der Waals surface area contributed by atoms with Gasteiger partial charge in [-0.25, -0.2) is 8.42 Å². The van der Waals surface area contributed by atoms with Gasteiger partial charge >= 0.3 is 0 Å². The number of sulfone groups is 1. The molecule has 31 heavy (non-hydrogen) atoms. The maximum absolute atomic E-state index is 12.9. The summed E-state index contributed by atoms with van der Waals surface area (Å²) in [5.41, 5.74) is -0.387. The number of carbonyl (C=O) groups excluding carboxylic acids is 1. The van der Waals surface area contributed by atoms with Crippen molar-refractivity contribution in [2.45, 2.75) is 4.90 Å². The van der Waals surface area contributed by atoms with Crippen molar-refractivity contribution in [2.24, 2.45) is 0 Å². The van der Waals surface area contributed by atoms with E-state index in [-0.39, 0.29) is 47.3 Å². The highest BCUT2D eigenvalue weighted by molar-refractivity contribution is 7.90. The molecule has 0 spiro atoms. The lowest BCUT2D eigenvalue weighted by atomic mass is 10.1. The molecule has 0 bridgehead atoms. The minimum absolute atomic E-state index is 0.111. The normalized spacial score (nSPS) is 14.4. The number of piperazine rings is 1. The Bertz CT molecular complexity index is 1180. The minimum atomic E-state index is -3.76. The summed E-state index contributed by atoms with van der Waals surface area (Å²) in [6.07, 6.45) is 0.901. The third-order valence-corrected chi connectivity index (χ3v) is 6.15. The molecule has 0 aromatic heterocycles. The number of nitrogens with zero attached hydrogens (tertiary/aromatic N) is 4. The molecule has 2 aromatic carbocycles. The number of anilines is 1. The Morgan fingerprint density at radius 2 is 1.65 bits per heavy atom. The van der Waals surface area contributed by atoms with Gasteiger partial charge in [0, 0.05) is 61.2 Å². The van der Waals surface area contributed by atoms with Gasteiger partial charge < -0.3 is 9.80 Å². The van der Waals surface area contributed by atoms with Gasteiger partial charge in [0.15, 0.2) is 9.84 Å². The molecule has 1 amide bonds. The van der Waals surface area contributed by atoms with Crippen LogP contribution in [0.15, 0.2) is 41.3 Å². The highest BCUT2D eigenvalue weighted by Gasteiger charge is 2.28. The van der Waals surface area contributed by atoms with E-state index in [9.17, 15) is 33.4 Å². The van der Waals surface area contributed by atoms with Crippen molar-refractivity contribution in [1.82, 2.24) is 4.90 Å². The van der Waals surface area contributed by atoms with Crippen LogP contribution in [0.4, 0.5) is 17.1 Å². The van der Waals surface area contributed by atoms with Gasteiger partial charge in [-0.05, 0) is 18.2 Å². The van der Waals surface area contributed by atoms with Gasteiger partial charge in [0.1, 0.15) is 5.69 Å². The zero-order valence-corrected chi connectivity index (χ0v) is 17.8. The summed E-state index contributed by atoms with van der Waals surface area (Å²) in [6, 6.07) is 7.39. The van der Waals surface area contributed by atoms with Gasteiger partial charge in [0.05, 0.1) is 14.7 Å². The van der Waals surface area contributed by atoms with Crippen molar-refractivity contribution in [3.8, 4) is 0 Å². The number of non-ortho nitro benzene ring substituents is 1. The van der Waals surface area contributed by atoms with Gasteiger partial charge in [0.2, 0.25) is 0 Å². The molecule has 13 heteroatoms. The fourth-order valence-electron chi connectivity index (χ4n) is 3.27. The summed E-state index contributed by atoms with van der Waals surface area (Å²) in [6.45, 7) is 0.940. The molecule has 1 fully saturated rings. The zero-order valence-electron chi connectivity index (χ0n) is 16.2. The van der Waals surface area contributed by atoms with Crippen molar-refractivity contribution in [2.75, 3.05) is 37.3 Å². The Kier molecular flexibility index (Phi) is 6.13. The van der Waals surface area contributed by atoms with E-state index in [4.69, 9.17) is 11.6 Å².